The van der Waals surface area contributed by atoms with Crippen molar-refractivity contribution >= 4 is 21.4 Å². The van der Waals surface area contributed by atoms with Gasteiger partial charge in [0.05, 0.1) is 10.6 Å². The molecule has 1 aromatic rings. The summed E-state index contributed by atoms with van der Waals surface area (Å²) in [5, 5.41) is 17.6. The molecule has 0 radical (unpaired) electrons. The monoisotopic (exact) mass is 249 g/mol. The highest BCUT2D eigenvalue weighted by molar-refractivity contribution is 7.92. The minimum Gasteiger partial charge on any atom is -0.477 e. The molecular formula is C11H7NO4S. The van der Waals surface area contributed by atoms with Crippen LogP contribution in [0, 0.1) is 11.3 Å². The number of carboxylic acids is 1. The van der Waals surface area contributed by atoms with Crippen LogP contribution in [-0.4, -0.2) is 25.2 Å². The predicted molar refractivity (Wildman–Crippen MR) is 58.7 cm³/mol. The van der Waals surface area contributed by atoms with Crippen LogP contribution >= 0.6 is 0 Å². The van der Waals surface area contributed by atoms with Crippen molar-refractivity contribution in [3.8, 4) is 6.07 Å². The molecule has 1 N–H and O–H groups in total. The maximum Gasteiger partial charge on any atom is 0.346 e. The van der Waals surface area contributed by atoms with Crippen molar-refractivity contribution in [2.24, 2.45) is 0 Å². The van der Waals surface area contributed by atoms with Crippen LogP contribution in [0.2, 0.25) is 0 Å². The molecule has 0 spiro atoms. The molecule has 6 heteroatoms. The van der Waals surface area contributed by atoms with Crippen molar-refractivity contribution in [3.05, 3.63) is 35.4 Å². The molecule has 1 aliphatic heterocycles. The summed E-state index contributed by atoms with van der Waals surface area (Å²) >= 11 is 0. The van der Waals surface area contributed by atoms with Crippen molar-refractivity contribution in [1.29, 1.82) is 5.26 Å². The zero-order valence-corrected chi connectivity index (χ0v) is 9.36. The minimum atomic E-state index is -3.52. The van der Waals surface area contributed by atoms with Crippen LogP contribution in [0.1, 0.15) is 5.56 Å². The predicted octanol–water partition coefficient (Wildman–Crippen LogP) is 0.836. The van der Waals surface area contributed by atoms with Gasteiger partial charge >= 0.3 is 5.97 Å². The van der Waals surface area contributed by atoms with Crippen LogP contribution in [-0.2, 0) is 14.6 Å². The first-order valence-corrected chi connectivity index (χ1v) is 6.31. The van der Waals surface area contributed by atoms with Crippen molar-refractivity contribution in [1.82, 2.24) is 0 Å². The van der Waals surface area contributed by atoms with Gasteiger partial charge in [-0.2, -0.15) is 5.26 Å². The molecule has 0 aliphatic carbocycles. The van der Waals surface area contributed by atoms with Crippen molar-refractivity contribution in [3.63, 3.8) is 0 Å². The van der Waals surface area contributed by atoms with Crippen LogP contribution in [0.15, 0.2) is 34.7 Å². The number of carbonyl (C=O) groups is 1. The number of rotatable bonds is 1. The molecule has 1 aromatic carbocycles. The zero-order valence-electron chi connectivity index (χ0n) is 8.54. The van der Waals surface area contributed by atoms with Gasteiger partial charge in [0.15, 0.2) is 9.84 Å². The van der Waals surface area contributed by atoms with E-state index in [0.29, 0.717) is 5.56 Å². The molecule has 0 fully saturated rings. The second-order valence-corrected chi connectivity index (χ2v) is 5.48. The molecule has 0 amide bonds. The van der Waals surface area contributed by atoms with E-state index < -0.39 is 27.1 Å². The van der Waals surface area contributed by atoms with Gasteiger partial charge < -0.3 is 5.11 Å². The van der Waals surface area contributed by atoms with E-state index in [2.05, 4.69) is 0 Å². The van der Waals surface area contributed by atoms with E-state index in [4.69, 9.17) is 10.4 Å². The fourth-order valence-corrected chi connectivity index (χ4v) is 3.43. The lowest BCUT2D eigenvalue weighted by Gasteiger charge is -1.98. The second-order valence-electron chi connectivity index (χ2n) is 3.53. The topological polar surface area (TPSA) is 95.2 Å². The van der Waals surface area contributed by atoms with E-state index in [1.54, 1.807) is 12.1 Å². The van der Waals surface area contributed by atoms with Crippen LogP contribution in [0.25, 0.3) is 5.57 Å². The van der Waals surface area contributed by atoms with E-state index in [9.17, 15) is 13.2 Å². The van der Waals surface area contributed by atoms with E-state index in [1.807, 2.05) is 0 Å². The maximum absolute atomic E-state index is 11.8. The molecule has 86 valence electrons. The molecular weight excluding hydrogens is 242 g/mol. The molecule has 0 saturated carbocycles. The first kappa shape index (κ1) is 11.4. The van der Waals surface area contributed by atoms with Gasteiger partial charge in [0.25, 0.3) is 0 Å². The summed E-state index contributed by atoms with van der Waals surface area (Å²) in [7, 11) is -3.52. The highest BCUT2D eigenvalue weighted by Gasteiger charge is 2.33. The summed E-state index contributed by atoms with van der Waals surface area (Å²) in [5.74, 6) is -1.84. The Bertz CT molecular complexity index is 680. The Morgan fingerprint density at radius 1 is 1.35 bits per heavy atom. The molecule has 0 aromatic heterocycles. The summed E-state index contributed by atoms with van der Waals surface area (Å²) in [4.78, 5) is 11.0. The molecule has 0 saturated heterocycles. The molecule has 17 heavy (non-hydrogen) atoms. The number of nitriles is 1. The Balaban J connectivity index is 2.81. The number of aliphatic carboxylic acids is 1. The Hall–Kier alpha value is -2.13. The molecule has 5 nitrogen and oxygen atoms in total. The number of benzene rings is 1. The van der Waals surface area contributed by atoms with Gasteiger partial charge in [-0.1, -0.05) is 18.2 Å². The molecule has 2 rings (SSSR count). The summed E-state index contributed by atoms with van der Waals surface area (Å²) < 4.78 is 23.5. The van der Waals surface area contributed by atoms with Crippen molar-refractivity contribution in [2.45, 2.75) is 4.90 Å². The number of carboxylic acid groups (broad SMARTS) is 1. The third-order valence-corrected chi connectivity index (χ3v) is 4.20. The van der Waals surface area contributed by atoms with E-state index in [0.717, 1.165) is 0 Å². The number of nitrogens with zero attached hydrogens (tertiary/aromatic N) is 1. The average molecular weight is 249 g/mol. The summed E-state index contributed by atoms with van der Waals surface area (Å²) in [6.07, 6.45) is 0. The average Bonchev–Trinajstić information content (AvgIpc) is 2.53. The number of fused-ring (bicyclic) bond motifs is 1. The van der Waals surface area contributed by atoms with Gasteiger partial charge in [0.1, 0.15) is 11.6 Å². The highest BCUT2D eigenvalue weighted by Crippen LogP contribution is 2.35. The first-order valence-electron chi connectivity index (χ1n) is 4.66. The van der Waals surface area contributed by atoms with Gasteiger partial charge in [-0.05, 0) is 11.6 Å². The lowest BCUT2D eigenvalue weighted by molar-refractivity contribution is -0.132. The quantitative estimate of drug-likeness (QED) is 0.587. The second kappa shape index (κ2) is 3.71. The zero-order chi connectivity index (χ0) is 12.6. The lowest BCUT2D eigenvalue weighted by Crippen LogP contribution is -2.04. The van der Waals surface area contributed by atoms with Gasteiger partial charge in [0, 0.05) is 5.57 Å². The van der Waals surface area contributed by atoms with Crippen LogP contribution in [0.4, 0.5) is 0 Å². The molecule has 0 unspecified atom stereocenters. The molecule has 0 atom stereocenters. The summed E-state index contributed by atoms with van der Waals surface area (Å²) in [6.45, 7) is 0. The number of hydrogen-bond donors (Lipinski definition) is 1. The van der Waals surface area contributed by atoms with Gasteiger partial charge in [-0.15, -0.1) is 0 Å². The lowest BCUT2D eigenvalue weighted by atomic mass is 10.0. The highest BCUT2D eigenvalue weighted by atomic mass is 32.2. The van der Waals surface area contributed by atoms with E-state index in [-0.39, 0.29) is 10.5 Å². The fourth-order valence-electron chi connectivity index (χ4n) is 1.78. The van der Waals surface area contributed by atoms with Gasteiger partial charge in [-0.25, -0.2) is 13.2 Å². The summed E-state index contributed by atoms with van der Waals surface area (Å²) in [5.41, 5.74) is -0.138. The van der Waals surface area contributed by atoms with Crippen molar-refractivity contribution < 1.29 is 18.3 Å². The fraction of sp³-hybridized carbons (Fsp3) is 0.0909. The largest absolute Gasteiger partial charge is 0.477 e. The third-order valence-electron chi connectivity index (χ3n) is 2.51. The molecule has 1 heterocycles. The van der Waals surface area contributed by atoms with Crippen LogP contribution in [0.3, 0.4) is 0 Å². The Kier molecular flexibility index (Phi) is 2.48. The minimum absolute atomic E-state index is 0.0654. The Morgan fingerprint density at radius 3 is 2.59 bits per heavy atom. The van der Waals surface area contributed by atoms with E-state index in [1.165, 1.54) is 18.2 Å². The van der Waals surface area contributed by atoms with Crippen molar-refractivity contribution in [2.75, 3.05) is 5.75 Å². The molecule has 1 aliphatic rings. The summed E-state index contributed by atoms with van der Waals surface area (Å²) in [6, 6.07) is 7.63. The maximum atomic E-state index is 11.8. The Morgan fingerprint density at radius 2 is 2.00 bits per heavy atom. The normalized spacial score (nSPS) is 19.2. The van der Waals surface area contributed by atoms with E-state index >= 15 is 0 Å². The van der Waals surface area contributed by atoms with Crippen LogP contribution < -0.4 is 0 Å². The smallest absolute Gasteiger partial charge is 0.346 e. The molecule has 0 bridgehead atoms. The standard InChI is InChI=1S/C11H7NO4S/c12-5-8(11(13)14)9-6-17(15,16)10-4-2-1-3-7(9)10/h1-4H,6H2,(H,13,14)/b9-8-. The van der Waals surface area contributed by atoms with Gasteiger partial charge in [-0.3, -0.25) is 0 Å². The van der Waals surface area contributed by atoms with Gasteiger partial charge in [0.2, 0.25) is 0 Å². The number of hydrogen-bond acceptors (Lipinski definition) is 4. The third kappa shape index (κ3) is 1.70. The first-order chi connectivity index (χ1) is 7.97. The number of sulfone groups is 1. The Labute approximate surface area is 97.5 Å². The van der Waals surface area contributed by atoms with Crippen LogP contribution in [0.5, 0.6) is 0 Å². The SMILES string of the molecule is N#C/C(C(=O)O)=C1\CS(=O)(=O)c2ccccc21.